The van der Waals surface area contributed by atoms with E-state index in [2.05, 4.69) is 0 Å². The van der Waals surface area contributed by atoms with Crippen LogP contribution in [0.1, 0.15) is 10.4 Å². The lowest BCUT2D eigenvalue weighted by molar-refractivity contribution is -0.387. The molecule has 0 aliphatic heterocycles. The third-order valence-corrected chi connectivity index (χ3v) is 2.21. The molecule has 0 unspecified atom stereocenters. The molecule has 0 bridgehead atoms. The normalized spacial score (nSPS) is 11.3. The lowest BCUT2D eigenvalue weighted by Gasteiger charge is -2.19. The summed E-state index contributed by atoms with van der Waals surface area (Å²) in [6.07, 6.45) is -4.74. The summed E-state index contributed by atoms with van der Waals surface area (Å²) in [6.45, 7) is -1.70. The van der Waals surface area contributed by atoms with Crippen LogP contribution in [0.25, 0.3) is 0 Å². The summed E-state index contributed by atoms with van der Waals surface area (Å²) in [6, 6.07) is 0.535. The van der Waals surface area contributed by atoms with E-state index in [4.69, 9.17) is 0 Å². The van der Waals surface area contributed by atoms with E-state index in [1.54, 1.807) is 0 Å². The fraction of sp³-hybridized carbons (Fsp3) is 0.300. The Labute approximate surface area is 108 Å². The van der Waals surface area contributed by atoms with Gasteiger partial charge in [-0.25, -0.2) is 4.39 Å². The van der Waals surface area contributed by atoms with Gasteiger partial charge < -0.3 is 4.90 Å². The molecule has 1 amide bonds. The molecular formula is C10H7F5N2O3. The first-order valence-electron chi connectivity index (χ1n) is 4.98. The van der Waals surface area contributed by atoms with Crippen molar-refractivity contribution in [3.8, 4) is 0 Å². The fourth-order valence-electron chi connectivity index (χ4n) is 1.41. The highest BCUT2D eigenvalue weighted by Crippen LogP contribution is 2.24. The van der Waals surface area contributed by atoms with Crippen LogP contribution < -0.4 is 0 Å². The third kappa shape index (κ3) is 3.62. The Bertz CT molecular complexity index is 559. The Kier molecular flexibility index (Phi) is 4.26. The number of carbonyl (C=O) groups is 1. The van der Waals surface area contributed by atoms with E-state index in [0.717, 1.165) is 0 Å². The molecule has 0 aliphatic rings. The minimum atomic E-state index is -4.74. The van der Waals surface area contributed by atoms with Crippen molar-refractivity contribution in [1.29, 1.82) is 0 Å². The molecule has 0 aliphatic carbocycles. The van der Waals surface area contributed by atoms with Crippen molar-refractivity contribution < 1.29 is 31.7 Å². The minimum Gasteiger partial charge on any atom is -0.333 e. The quantitative estimate of drug-likeness (QED) is 0.489. The van der Waals surface area contributed by atoms with E-state index in [1.165, 1.54) is 0 Å². The van der Waals surface area contributed by atoms with Crippen molar-refractivity contribution in [2.24, 2.45) is 0 Å². The van der Waals surface area contributed by atoms with Crippen molar-refractivity contribution >= 4 is 11.6 Å². The average Bonchev–Trinajstić information content (AvgIpc) is 2.28. The van der Waals surface area contributed by atoms with Gasteiger partial charge >= 0.3 is 11.9 Å². The van der Waals surface area contributed by atoms with Crippen molar-refractivity contribution in [2.45, 2.75) is 6.18 Å². The number of nitro benzene ring substituents is 1. The van der Waals surface area contributed by atoms with Gasteiger partial charge in [0.25, 0.3) is 5.91 Å². The standard InChI is InChI=1S/C10H7F5N2O3/c1-16(4-10(13,14)15)9(18)6-2-5(11)3-7(8(6)12)17(19)20/h2-3H,4H2,1H3. The zero-order valence-corrected chi connectivity index (χ0v) is 9.87. The van der Waals surface area contributed by atoms with Gasteiger partial charge in [0, 0.05) is 7.05 Å². The molecular weight excluding hydrogens is 291 g/mol. The maximum absolute atomic E-state index is 13.6. The summed E-state index contributed by atoms with van der Waals surface area (Å²) < 4.78 is 63.0. The Morgan fingerprint density at radius 3 is 2.35 bits per heavy atom. The molecule has 0 saturated heterocycles. The van der Waals surface area contributed by atoms with Gasteiger partial charge in [-0.05, 0) is 6.07 Å². The van der Waals surface area contributed by atoms with Gasteiger partial charge in [-0.1, -0.05) is 0 Å². The number of nitrogens with zero attached hydrogens (tertiary/aromatic N) is 2. The van der Waals surface area contributed by atoms with Gasteiger partial charge in [-0.3, -0.25) is 14.9 Å². The molecule has 5 nitrogen and oxygen atoms in total. The monoisotopic (exact) mass is 298 g/mol. The van der Waals surface area contributed by atoms with Crippen LogP contribution in [0.3, 0.4) is 0 Å². The highest BCUT2D eigenvalue weighted by atomic mass is 19.4. The second kappa shape index (κ2) is 5.39. The Morgan fingerprint density at radius 1 is 1.35 bits per heavy atom. The first-order valence-corrected chi connectivity index (χ1v) is 4.98. The van der Waals surface area contributed by atoms with E-state index < -0.39 is 46.4 Å². The Hall–Kier alpha value is -2.26. The molecule has 110 valence electrons. The molecule has 10 heteroatoms. The van der Waals surface area contributed by atoms with Crippen molar-refractivity contribution in [1.82, 2.24) is 4.90 Å². The second-order valence-corrected chi connectivity index (χ2v) is 3.82. The maximum atomic E-state index is 13.6. The second-order valence-electron chi connectivity index (χ2n) is 3.82. The SMILES string of the molecule is CN(CC(F)(F)F)C(=O)c1cc(F)cc([N+](=O)[O-])c1F. The summed E-state index contributed by atoms with van der Waals surface area (Å²) in [5.41, 5.74) is -2.46. The lowest BCUT2D eigenvalue weighted by Crippen LogP contribution is -2.36. The number of nitro groups is 1. The Balaban J connectivity index is 3.20. The molecule has 0 N–H and O–H groups in total. The maximum Gasteiger partial charge on any atom is 0.406 e. The number of alkyl halides is 3. The number of hydrogen-bond donors (Lipinski definition) is 0. The molecule has 20 heavy (non-hydrogen) atoms. The van der Waals surface area contributed by atoms with Gasteiger partial charge in [-0.15, -0.1) is 0 Å². The van der Waals surface area contributed by atoms with Crippen LogP contribution in [0.5, 0.6) is 0 Å². The summed E-state index contributed by atoms with van der Waals surface area (Å²) in [4.78, 5) is 20.8. The highest BCUT2D eigenvalue weighted by Gasteiger charge is 2.33. The minimum absolute atomic E-state index is 0.0849. The first-order chi connectivity index (χ1) is 9.03. The summed E-state index contributed by atoms with van der Waals surface area (Å²) in [5.74, 6) is -4.50. The van der Waals surface area contributed by atoms with E-state index in [-0.39, 0.29) is 11.0 Å². The third-order valence-electron chi connectivity index (χ3n) is 2.21. The van der Waals surface area contributed by atoms with Gasteiger partial charge in [0.2, 0.25) is 5.82 Å². The largest absolute Gasteiger partial charge is 0.406 e. The number of halogens is 5. The van der Waals surface area contributed by atoms with Gasteiger partial charge in [0.15, 0.2) is 0 Å². The number of carbonyl (C=O) groups excluding carboxylic acids is 1. The van der Waals surface area contributed by atoms with E-state index in [9.17, 15) is 36.9 Å². The zero-order valence-electron chi connectivity index (χ0n) is 9.87. The molecule has 0 heterocycles. The van der Waals surface area contributed by atoms with E-state index in [1.807, 2.05) is 0 Å². The van der Waals surface area contributed by atoms with E-state index in [0.29, 0.717) is 13.1 Å². The number of rotatable bonds is 3. The van der Waals surface area contributed by atoms with Crippen LogP contribution in [0.2, 0.25) is 0 Å². The average molecular weight is 298 g/mol. The van der Waals surface area contributed by atoms with Crippen LogP contribution in [0.15, 0.2) is 12.1 Å². The lowest BCUT2D eigenvalue weighted by atomic mass is 10.1. The summed E-state index contributed by atoms with van der Waals surface area (Å²) in [5, 5.41) is 10.4. The van der Waals surface area contributed by atoms with Gasteiger partial charge in [-0.2, -0.15) is 17.6 Å². The number of benzene rings is 1. The number of amides is 1. The molecule has 1 aromatic carbocycles. The first kappa shape index (κ1) is 15.8. The number of hydrogen-bond acceptors (Lipinski definition) is 3. The summed E-state index contributed by atoms with van der Waals surface area (Å²) in [7, 11) is 0.714. The molecule has 0 atom stereocenters. The molecule has 0 aromatic heterocycles. The summed E-state index contributed by atoms with van der Waals surface area (Å²) >= 11 is 0. The molecule has 0 spiro atoms. The van der Waals surface area contributed by atoms with Crippen molar-refractivity contribution in [3.63, 3.8) is 0 Å². The van der Waals surface area contributed by atoms with Crippen LogP contribution in [-0.2, 0) is 0 Å². The molecule has 1 rings (SSSR count). The van der Waals surface area contributed by atoms with Gasteiger partial charge in [0.1, 0.15) is 12.4 Å². The predicted molar refractivity (Wildman–Crippen MR) is 56.0 cm³/mol. The molecule has 0 radical (unpaired) electrons. The topological polar surface area (TPSA) is 63.5 Å². The molecule has 0 saturated carbocycles. The van der Waals surface area contributed by atoms with Crippen molar-refractivity contribution in [2.75, 3.05) is 13.6 Å². The fourth-order valence-corrected chi connectivity index (χ4v) is 1.41. The molecule has 0 fully saturated rings. The van der Waals surface area contributed by atoms with Crippen LogP contribution in [-0.4, -0.2) is 35.5 Å². The van der Waals surface area contributed by atoms with Gasteiger partial charge in [0.05, 0.1) is 16.6 Å². The smallest absolute Gasteiger partial charge is 0.333 e. The van der Waals surface area contributed by atoms with Crippen molar-refractivity contribution in [3.05, 3.63) is 39.4 Å². The predicted octanol–water partition coefficient (Wildman–Crippen LogP) is 2.51. The highest BCUT2D eigenvalue weighted by molar-refractivity contribution is 5.95. The van der Waals surface area contributed by atoms with Crippen LogP contribution >= 0.6 is 0 Å². The zero-order chi connectivity index (χ0) is 15.7. The van der Waals surface area contributed by atoms with Crippen LogP contribution in [0, 0.1) is 21.7 Å². The van der Waals surface area contributed by atoms with E-state index >= 15 is 0 Å². The Morgan fingerprint density at radius 2 is 1.90 bits per heavy atom. The molecule has 1 aromatic rings. The van der Waals surface area contributed by atoms with Crippen LogP contribution in [0.4, 0.5) is 27.6 Å².